The van der Waals surface area contributed by atoms with Gasteiger partial charge in [0.05, 0.1) is 11.6 Å². The van der Waals surface area contributed by atoms with Gasteiger partial charge in [-0.05, 0) is 34.4 Å². The van der Waals surface area contributed by atoms with E-state index in [0.717, 1.165) is 16.7 Å². The van der Waals surface area contributed by atoms with Crippen molar-refractivity contribution >= 4 is 11.8 Å². The smallest absolute Gasteiger partial charge is 0.210 e. The summed E-state index contributed by atoms with van der Waals surface area (Å²) >= 11 is 1.46. The molecule has 0 unspecified atom stereocenters. The molecule has 0 radical (unpaired) electrons. The Morgan fingerprint density at radius 1 is 0.967 bits per heavy atom. The standard InChI is InChI=1S/C23H18FN5S/c24-21-8-4-2-5-18(21)13-22-27-28-23(29(22)26)30-15-16-9-11-17(12-10-16)20-7-3-1-6-19(20)14-25/h1-12H,13,15,26H2. The monoisotopic (exact) mass is 415 g/mol. The lowest BCUT2D eigenvalue weighted by Crippen LogP contribution is -2.14. The summed E-state index contributed by atoms with van der Waals surface area (Å²) in [6.07, 6.45) is 0.281. The molecule has 30 heavy (non-hydrogen) atoms. The third-order valence-corrected chi connectivity index (χ3v) is 5.74. The van der Waals surface area contributed by atoms with Gasteiger partial charge >= 0.3 is 0 Å². The molecule has 0 saturated carbocycles. The van der Waals surface area contributed by atoms with Gasteiger partial charge in [-0.2, -0.15) is 5.26 Å². The van der Waals surface area contributed by atoms with Gasteiger partial charge in [0.15, 0.2) is 5.82 Å². The normalized spacial score (nSPS) is 10.7. The summed E-state index contributed by atoms with van der Waals surface area (Å²) in [5.41, 5.74) is 4.19. The van der Waals surface area contributed by atoms with E-state index in [-0.39, 0.29) is 12.2 Å². The predicted molar refractivity (Wildman–Crippen MR) is 116 cm³/mol. The molecule has 0 bridgehead atoms. The van der Waals surface area contributed by atoms with Crippen molar-refractivity contribution in [1.82, 2.24) is 14.9 Å². The number of benzene rings is 3. The van der Waals surface area contributed by atoms with Crippen molar-refractivity contribution in [2.75, 3.05) is 5.84 Å². The van der Waals surface area contributed by atoms with E-state index in [2.05, 4.69) is 16.3 Å². The second-order valence-corrected chi connectivity index (χ2v) is 7.62. The molecule has 0 atom stereocenters. The molecule has 0 aliphatic heterocycles. The molecule has 2 N–H and O–H groups in total. The molecule has 1 aromatic heterocycles. The number of hydrogen-bond acceptors (Lipinski definition) is 5. The fourth-order valence-corrected chi connectivity index (χ4v) is 3.93. The average molecular weight is 415 g/mol. The summed E-state index contributed by atoms with van der Waals surface area (Å²) in [7, 11) is 0. The van der Waals surface area contributed by atoms with Crippen LogP contribution in [0.4, 0.5) is 4.39 Å². The van der Waals surface area contributed by atoms with Gasteiger partial charge in [0.25, 0.3) is 0 Å². The molecule has 5 nitrogen and oxygen atoms in total. The quantitative estimate of drug-likeness (QED) is 0.369. The molecular formula is C23H18FN5S. The van der Waals surface area contributed by atoms with Crippen molar-refractivity contribution in [2.24, 2.45) is 0 Å². The molecule has 0 spiro atoms. The lowest BCUT2D eigenvalue weighted by Gasteiger charge is -2.07. The second kappa shape index (κ2) is 8.80. The number of halogens is 1. The molecule has 3 aromatic carbocycles. The van der Waals surface area contributed by atoms with E-state index in [9.17, 15) is 9.65 Å². The Hall–Kier alpha value is -3.63. The summed E-state index contributed by atoms with van der Waals surface area (Å²) in [6, 6.07) is 24.4. The molecule has 0 saturated heterocycles. The van der Waals surface area contributed by atoms with Crippen molar-refractivity contribution in [2.45, 2.75) is 17.3 Å². The van der Waals surface area contributed by atoms with E-state index >= 15 is 0 Å². The van der Waals surface area contributed by atoms with E-state index in [1.807, 2.05) is 48.5 Å². The highest BCUT2D eigenvalue weighted by atomic mass is 32.2. The van der Waals surface area contributed by atoms with E-state index < -0.39 is 0 Å². The zero-order chi connectivity index (χ0) is 20.9. The Balaban J connectivity index is 1.44. The zero-order valence-electron chi connectivity index (χ0n) is 16.0. The Labute approximate surface area is 178 Å². The Kier molecular flexibility index (Phi) is 5.77. The highest BCUT2D eigenvalue weighted by Crippen LogP contribution is 2.26. The number of aromatic nitrogens is 3. The van der Waals surface area contributed by atoms with E-state index in [1.165, 1.54) is 22.5 Å². The number of nitriles is 1. The number of thioether (sulfide) groups is 1. The van der Waals surface area contributed by atoms with Crippen LogP contribution in [0.2, 0.25) is 0 Å². The third kappa shape index (κ3) is 4.19. The van der Waals surface area contributed by atoms with Gasteiger partial charge in [0.2, 0.25) is 5.16 Å². The maximum Gasteiger partial charge on any atom is 0.210 e. The van der Waals surface area contributed by atoms with Crippen LogP contribution in [0.3, 0.4) is 0 Å². The molecule has 1 heterocycles. The Morgan fingerprint density at radius 2 is 1.70 bits per heavy atom. The fraction of sp³-hybridized carbons (Fsp3) is 0.0870. The van der Waals surface area contributed by atoms with Crippen LogP contribution < -0.4 is 5.84 Å². The first-order valence-electron chi connectivity index (χ1n) is 9.29. The highest BCUT2D eigenvalue weighted by Gasteiger charge is 2.13. The van der Waals surface area contributed by atoms with Gasteiger partial charge in [-0.25, -0.2) is 9.07 Å². The molecule has 0 fully saturated rings. The summed E-state index contributed by atoms with van der Waals surface area (Å²) in [5, 5.41) is 18.1. The van der Waals surface area contributed by atoms with Gasteiger partial charge in [-0.15, -0.1) is 10.2 Å². The molecule has 0 amide bonds. The first-order chi connectivity index (χ1) is 14.7. The third-order valence-electron chi connectivity index (χ3n) is 4.72. The van der Waals surface area contributed by atoms with Gasteiger partial charge in [-0.1, -0.05) is 72.4 Å². The molecule has 0 aliphatic rings. The van der Waals surface area contributed by atoms with Gasteiger partial charge in [-0.3, -0.25) is 0 Å². The van der Waals surface area contributed by atoms with Crippen LogP contribution in [0.1, 0.15) is 22.5 Å². The number of nitrogens with zero attached hydrogens (tertiary/aromatic N) is 4. The van der Waals surface area contributed by atoms with Gasteiger partial charge in [0.1, 0.15) is 5.82 Å². The molecular weight excluding hydrogens is 397 g/mol. The molecule has 7 heteroatoms. The first kappa shape index (κ1) is 19.7. The summed E-state index contributed by atoms with van der Waals surface area (Å²) < 4.78 is 15.3. The minimum absolute atomic E-state index is 0.281. The van der Waals surface area contributed by atoms with E-state index in [4.69, 9.17) is 5.84 Å². The van der Waals surface area contributed by atoms with Crippen LogP contribution in [-0.2, 0) is 12.2 Å². The minimum Gasteiger partial charge on any atom is -0.336 e. The van der Waals surface area contributed by atoms with Crippen molar-refractivity contribution in [3.8, 4) is 17.2 Å². The van der Waals surface area contributed by atoms with Crippen molar-refractivity contribution < 1.29 is 4.39 Å². The van der Waals surface area contributed by atoms with Crippen molar-refractivity contribution in [3.63, 3.8) is 0 Å². The van der Waals surface area contributed by atoms with Crippen LogP contribution in [-0.4, -0.2) is 14.9 Å². The summed E-state index contributed by atoms with van der Waals surface area (Å²) in [4.78, 5) is 0. The second-order valence-electron chi connectivity index (χ2n) is 6.68. The lowest BCUT2D eigenvalue weighted by atomic mass is 10.00. The van der Waals surface area contributed by atoms with Gasteiger partial charge in [0, 0.05) is 12.2 Å². The predicted octanol–water partition coefficient (Wildman–Crippen LogP) is 4.55. The minimum atomic E-state index is -0.284. The van der Waals surface area contributed by atoms with Crippen molar-refractivity contribution in [3.05, 3.63) is 101 Å². The maximum atomic E-state index is 13.9. The number of rotatable bonds is 6. The largest absolute Gasteiger partial charge is 0.336 e. The molecule has 4 rings (SSSR count). The zero-order valence-corrected chi connectivity index (χ0v) is 16.8. The Bertz CT molecular complexity index is 1210. The van der Waals surface area contributed by atoms with Crippen LogP contribution in [0.15, 0.2) is 78.0 Å². The first-order valence-corrected chi connectivity index (χ1v) is 10.3. The maximum absolute atomic E-state index is 13.9. The molecule has 0 aliphatic carbocycles. The number of nitrogen functional groups attached to an aromatic ring is 1. The van der Waals surface area contributed by atoms with Crippen LogP contribution in [0, 0.1) is 17.1 Å². The van der Waals surface area contributed by atoms with Crippen LogP contribution >= 0.6 is 11.8 Å². The van der Waals surface area contributed by atoms with Gasteiger partial charge < -0.3 is 5.84 Å². The summed E-state index contributed by atoms with van der Waals surface area (Å²) in [5.74, 6) is 7.00. The van der Waals surface area contributed by atoms with Crippen LogP contribution in [0.5, 0.6) is 0 Å². The number of hydrogen-bond donors (Lipinski definition) is 1. The number of nitrogens with two attached hydrogens (primary N) is 1. The average Bonchev–Trinajstić information content (AvgIpc) is 3.13. The van der Waals surface area contributed by atoms with E-state index in [0.29, 0.717) is 27.9 Å². The topological polar surface area (TPSA) is 80.5 Å². The van der Waals surface area contributed by atoms with E-state index in [1.54, 1.807) is 18.2 Å². The molecule has 148 valence electrons. The lowest BCUT2D eigenvalue weighted by molar-refractivity contribution is 0.610. The summed E-state index contributed by atoms with van der Waals surface area (Å²) in [6.45, 7) is 0. The van der Waals surface area contributed by atoms with Crippen LogP contribution in [0.25, 0.3) is 11.1 Å². The highest BCUT2D eigenvalue weighted by molar-refractivity contribution is 7.98. The SMILES string of the molecule is N#Cc1ccccc1-c1ccc(CSc2nnc(Cc3ccccc3F)n2N)cc1. The van der Waals surface area contributed by atoms with Crippen molar-refractivity contribution in [1.29, 1.82) is 5.26 Å². The Morgan fingerprint density at radius 3 is 2.47 bits per heavy atom. The molecule has 4 aromatic rings. The fourth-order valence-electron chi connectivity index (χ4n) is 3.10.